The van der Waals surface area contributed by atoms with Crippen molar-refractivity contribution in [2.24, 2.45) is 0 Å². The highest BCUT2D eigenvalue weighted by Crippen LogP contribution is 2.29. The standard InChI is InChI=1S/C21H24N2O3/c1-3-21(25)23-11-10-17-12-16(6-9-19(17)23)14-22-20(24)13-15-4-7-18(26-2)8-5-15/h4-9,12H,3,10-11,13-14H2,1-2H3,(H,22,24). The average molecular weight is 352 g/mol. The molecule has 5 nitrogen and oxygen atoms in total. The van der Waals surface area contributed by atoms with Gasteiger partial charge in [0.1, 0.15) is 5.75 Å². The van der Waals surface area contributed by atoms with Gasteiger partial charge >= 0.3 is 0 Å². The molecule has 0 saturated heterocycles. The summed E-state index contributed by atoms with van der Waals surface area (Å²) in [6.45, 7) is 3.12. The maximum absolute atomic E-state index is 12.2. The number of carbonyl (C=O) groups excluding carboxylic acids is 2. The molecule has 0 atom stereocenters. The fraction of sp³-hybridized carbons (Fsp3) is 0.333. The van der Waals surface area contributed by atoms with Crippen LogP contribution < -0.4 is 15.0 Å². The van der Waals surface area contributed by atoms with Crippen molar-refractivity contribution in [3.8, 4) is 5.75 Å². The van der Waals surface area contributed by atoms with E-state index in [2.05, 4.69) is 11.4 Å². The van der Waals surface area contributed by atoms with Gasteiger partial charge in [0.05, 0.1) is 13.5 Å². The van der Waals surface area contributed by atoms with E-state index in [-0.39, 0.29) is 11.8 Å². The van der Waals surface area contributed by atoms with Gasteiger partial charge in [0, 0.05) is 25.2 Å². The number of fused-ring (bicyclic) bond motifs is 1. The molecule has 2 amide bonds. The topological polar surface area (TPSA) is 58.6 Å². The largest absolute Gasteiger partial charge is 0.497 e. The van der Waals surface area contributed by atoms with E-state index >= 15 is 0 Å². The van der Waals surface area contributed by atoms with Gasteiger partial charge in [-0.15, -0.1) is 0 Å². The van der Waals surface area contributed by atoms with E-state index in [0.717, 1.165) is 35.5 Å². The first-order chi connectivity index (χ1) is 12.6. The molecule has 0 bridgehead atoms. The van der Waals surface area contributed by atoms with Crippen LogP contribution in [0.5, 0.6) is 5.75 Å². The molecule has 0 spiro atoms. The SMILES string of the molecule is CCC(=O)N1CCc2cc(CNC(=O)Cc3ccc(OC)cc3)ccc21. The number of hydrogen-bond donors (Lipinski definition) is 1. The maximum Gasteiger partial charge on any atom is 0.226 e. The van der Waals surface area contributed by atoms with Gasteiger partial charge < -0.3 is 15.0 Å². The molecule has 0 fully saturated rings. The third kappa shape index (κ3) is 4.04. The van der Waals surface area contributed by atoms with E-state index in [0.29, 0.717) is 19.4 Å². The molecule has 0 radical (unpaired) electrons. The summed E-state index contributed by atoms with van der Waals surface area (Å²) in [7, 11) is 1.62. The second-order valence-electron chi connectivity index (χ2n) is 6.41. The Kier molecular flexibility index (Phi) is 5.56. The molecule has 26 heavy (non-hydrogen) atoms. The van der Waals surface area contributed by atoms with E-state index in [1.807, 2.05) is 48.2 Å². The third-order valence-corrected chi connectivity index (χ3v) is 4.66. The lowest BCUT2D eigenvalue weighted by Gasteiger charge is -2.16. The zero-order chi connectivity index (χ0) is 18.5. The number of carbonyl (C=O) groups is 2. The molecule has 2 aromatic carbocycles. The second kappa shape index (κ2) is 8.04. The van der Waals surface area contributed by atoms with Gasteiger partial charge in [-0.1, -0.05) is 31.2 Å². The molecule has 1 aliphatic rings. The van der Waals surface area contributed by atoms with Crippen LogP contribution in [0, 0.1) is 0 Å². The fourth-order valence-corrected chi connectivity index (χ4v) is 3.21. The Morgan fingerprint density at radius 1 is 1.12 bits per heavy atom. The van der Waals surface area contributed by atoms with Crippen LogP contribution in [-0.2, 0) is 29.0 Å². The first kappa shape index (κ1) is 18.0. The van der Waals surface area contributed by atoms with Crippen LogP contribution in [0.1, 0.15) is 30.0 Å². The van der Waals surface area contributed by atoms with Gasteiger partial charge in [0.15, 0.2) is 0 Å². The van der Waals surface area contributed by atoms with Crippen molar-refractivity contribution < 1.29 is 14.3 Å². The zero-order valence-electron chi connectivity index (χ0n) is 15.2. The van der Waals surface area contributed by atoms with E-state index in [4.69, 9.17) is 4.74 Å². The molecule has 0 aromatic heterocycles. The summed E-state index contributed by atoms with van der Waals surface area (Å²) in [4.78, 5) is 26.0. The number of nitrogens with one attached hydrogen (secondary N) is 1. The lowest BCUT2D eigenvalue weighted by atomic mass is 10.1. The van der Waals surface area contributed by atoms with Crippen LogP contribution in [0.2, 0.25) is 0 Å². The third-order valence-electron chi connectivity index (χ3n) is 4.66. The van der Waals surface area contributed by atoms with Gasteiger partial charge in [-0.2, -0.15) is 0 Å². The molecule has 5 heteroatoms. The molecule has 2 aromatic rings. The Morgan fingerprint density at radius 2 is 1.85 bits per heavy atom. The highest BCUT2D eigenvalue weighted by atomic mass is 16.5. The summed E-state index contributed by atoms with van der Waals surface area (Å²) in [6, 6.07) is 13.6. The van der Waals surface area contributed by atoms with Crippen molar-refractivity contribution in [1.82, 2.24) is 5.32 Å². The monoisotopic (exact) mass is 352 g/mol. The minimum absolute atomic E-state index is 0.0153. The number of amides is 2. The van der Waals surface area contributed by atoms with Crippen LogP contribution in [0.25, 0.3) is 0 Å². The minimum atomic E-state index is -0.0153. The summed E-state index contributed by atoms with van der Waals surface area (Å²) in [5, 5.41) is 2.96. The number of nitrogens with zero attached hydrogens (tertiary/aromatic N) is 1. The van der Waals surface area contributed by atoms with E-state index in [9.17, 15) is 9.59 Å². The van der Waals surface area contributed by atoms with Crippen LogP contribution >= 0.6 is 0 Å². The quantitative estimate of drug-likeness (QED) is 0.870. The van der Waals surface area contributed by atoms with Crippen molar-refractivity contribution in [2.75, 3.05) is 18.6 Å². The number of anilines is 1. The van der Waals surface area contributed by atoms with Crippen LogP contribution in [0.15, 0.2) is 42.5 Å². The maximum atomic E-state index is 12.2. The van der Waals surface area contributed by atoms with Gasteiger partial charge in [-0.25, -0.2) is 0 Å². The van der Waals surface area contributed by atoms with E-state index < -0.39 is 0 Å². The Hall–Kier alpha value is -2.82. The Labute approximate surface area is 154 Å². The summed E-state index contributed by atoms with van der Waals surface area (Å²) in [5.74, 6) is 0.922. The average Bonchev–Trinajstić information content (AvgIpc) is 3.09. The van der Waals surface area contributed by atoms with Crippen LogP contribution in [0.4, 0.5) is 5.69 Å². The lowest BCUT2D eigenvalue weighted by molar-refractivity contribution is -0.120. The molecule has 1 N–H and O–H groups in total. The van der Waals surface area contributed by atoms with Crippen molar-refractivity contribution in [3.63, 3.8) is 0 Å². The Balaban J connectivity index is 1.56. The molecule has 0 unspecified atom stereocenters. The number of ether oxygens (including phenoxy) is 1. The highest BCUT2D eigenvalue weighted by Gasteiger charge is 2.23. The summed E-state index contributed by atoms with van der Waals surface area (Å²) >= 11 is 0. The number of rotatable bonds is 6. The Morgan fingerprint density at radius 3 is 2.54 bits per heavy atom. The predicted molar refractivity (Wildman–Crippen MR) is 101 cm³/mol. The predicted octanol–water partition coefficient (Wildman–Crippen LogP) is 2.85. The van der Waals surface area contributed by atoms with Crippen molar-refractivity contribution >= 4 is 17.5 Å². The van der Waals surface area contributed by atoms with Crippen molar-refractivity contribution in [1.29, 1.82) is 0 Å². The smallest absolute Gasteiger partial charge is 0.226 e. The van der Waals surface area contributed by atoms with Crippen molar-refractivity contribution in [3.05, 3.63) is 59.2 Å². The van der Waals surface area contributed by atoms with E-state index in [1.54, 1.807) is 7.11 Å². The Bertz CT molecular complexity index is 799. The number of benzene rings is 2. The first-order valence-corrected chi connectivity index (χ1v) is 8.92. The highest BCUT2D eigenvalue weighted by molar-refractivity contribution is 5.95. The first-order valence-electron chi connectivity index (χ1n) is 8.92. The van der Waals surface area contributed by atoms with Gasteiger partial charge in [0.25, 0.3) is 0 Å². The number of methoxy groups -OCH3 is 1. The normalized spacial score (nSPS) is 12.6. The van der Waals surface area contributed by atoms with Gasteiger partial charge in [-0.3, -0.25) is 9.59 Å². The zero-order valence-corrected chi connectivity index (χ0v) is 15.2. The molecule has 136 valence electrons. The van der Waals surface area contributed by atoms with Gasteiger partial charge in [0.2, 0.25) is 11.8 Å². The molecule has 1 aliphatic heterocycles. The molecule has 0 saturated carbocycles. The molecular formula is C21H24N2O3. The fourth-order valence-electron chi connectivity index (χ4n) is 3.21. The number of hydrogen-bond acceptors (Lipinski definition) is 3. The summed E-state index contributed by atoms with van der Waals surface area (Å²) < 4.78 is 5.12. The van der Waals surface area contributed by atoms with E-state index in [1.165, 1.54) is 5.56 Å². The second-order valence-corrected chi connectivity index (χ2v) is 6.41. The molecule has 1 heterocycles. The van der Waals surface area contributed by atoms with Gasteiger partial charge in [-0.05, 0) is 41.3 Å². The summed E-state index contributed by atoms with van der Waals surface area (Å²) in [6.07, 6.45) is 1.73. The van der Waals surface area contributed by atoms with Crippen molar-refractivity contribution in [2.45, 2.75) is 32.7 Å². The molecule has 0 aliphatic carbocycles. The minimum Gasteiger partial charge on any atom is -0.497 e. The lowest BCUT2D eigenvalue weighted by Crippen LogP contribution is -2.27. The molecular weight excluding hydrogens is 328 g/mol. The molecule has 3 rings (SSSR count). The van der Waals surface area contributed by atoms with Crippen LogP contribution in [0.3, 0.4) is 0 Å². The summed E-state index contributed by atoms with van der Waals surface area (Å²) in [5.41, 5.74) is 4.18. The van der Waals surface area contributed by atoms with Crippen LogP contribution in [-0.4, -0.2) is 25.5 Å².